The van der Waals surface area contributed by atoms with Crippen LogP contribution in [0.2, 0.25) is 5.02 Å². The predicted octanol–water partition coefficient (Wildman–Crippen LogP) is 2.83. The molecule has 1 aromatic carbocycles. The van der Waals surface area contributed by atoms with Gasteiger partial charge in [0.2, 0.25) is 5.91 Å². The highest BCUT2D eigenvalue weighted by atomic mass is 35.5. The third-order valence-electron chi connectivity index (χ3n) is 3.55. The fourth-order valence-corrected chi connectivity index (χ4v) is 1.91. The molecule has 0 saturated heterocycles. The number of benzene rings is 1. The van der Waals surface area contributed by atoms with Gasteiger partial charge in [-0.1, -0.05) is 31.9 Å². The van der Waals surface area contributed by atoms with E-state index in [0.29, 0.717) is 10.6 Å². The third kappa shape index (κ3) is 6.27. The second kappa shape index (κ2) is 8.80. The minimum atomic E-state index is -0.550. The van der Waals surface area contributed by atoms with E-state index in [1.165, 1.54) is 0 Å². The van der Waals surface area contributed by atoms with Crippen LogP contribution in [-0.4, -0.2) is 29.4 Å². The Hall–Kier alpha value is -1.39. The number of aliphatic hydroxyl groups excluding tert-OH is 1. The van der Waals surface area contributed by atoms with Gasteiger partial charge in [0, 0.05) is 30.0 Å². The maximum atomic E-state index is 11.9. The summed E-state index contributed by atoms with van der Waals surface area (Å²) in [5.74, 6) is -0.176. The maximum absolute atomic E-state index is 11.9. The van der Waals surface area contributed by atoms with Crippen LogP contribution in [-0.2, 0) is 4.79 Å². The van der Waals surface area contributed by atoms with E-state index in [0.717, 1.165) is 6.42 Å². The summed E-state index contributed by atoms with van der Waals surface area (Å²) in [4.78, 5) is 23.5. The van der Waals surface area contributed by atoms with Crippen molar-refractivity contribution in [3.63, 3.8) is 0 Å². The molecule has 1 aromatic rings. The lowest BCUT2D eigenvalue weighted by atomic mass is 10.0. The summed E-state index contributed by atoms with van der Waals surface area (Å²) in [5.41, 5.74) is 0.548. The van der Waals surface area contributed by atoms with E-state index in [1.807, 2.05) is 13.8 Å². The molecule has 0 fully saturated rings. The minimum absolute atomic E-state index is 0.0932. The van der Waals surface area contributed by atoms with Gasteiger partial charge in [0.15, 0.2) is 5.78 Å². The molecule has 5 heteroatoms. The summed E-state index contributed by atoms with van der Waals surface area (Å²) >= 11 is 5.75. The molecule has 0 aliphatic carbocycles. The Kier molecular flexibility index (Phi) is 7.40. The number of aliphatic hydroxyl groups is 1. The normalized spacial score (nSPS) is 13.5. The molecule has 0 heterocycles. The number of rotatable bonds is 8. The average molecular weight is 312 g/mol. The molecule has 2 atom stereocenters. The lowest BCUT2D eigenvalue weighted by Gasteiger charge is -2.17. The van der Waals surface area contributed by atoms with Gasteiger partial charge in [-0.2, -0.15) is 0 Å². The Bertz CT molecular complexity index is 473. The van der Waals surface area contributed by atoms with Crippen LogP contribution in [0.3, 0.4) is 0 Å². The topological polar surface area (TPSA) is 66.4 Å². The summed E-state index contributed by atoms with van der Waals surface area (Å²) in [6.07, 6.45) is 0.569. The number of hydrogen-bond donors (Lipinski definition) is 2. The predicted molar refractivity (Wildman–Crippen MR) is 83.5 cm³/mol. The molecule has 2 unspecified atom stereocenters. The van der Waals surface area contributed by atoms with Gasteiger partial charge in [0.05, 0.1) is 6.10 Å². The van der Waals surface area contributed by atoms with Gasteiger partial charge in [-0.15, -0.1) is 0 Å². The number of carbonyl (C=O) groups is 2. The molecular formula is C16H22ClNO3. The average Bonchev–Trinajstić information content (AvgIpc) is 2.49. The van der Waals surface area contributed by atoms with Crippen molar-refractivity contribution < 1.29 is 14.7 Å². The van der Waals surface area contributed by atoms with E-state index in [2.05, 4.69) is 5.32 Å². The SMILES string of the molecule is CCC(C)C(O)CNC(=O)CCC(=O)c1ccc(Cl)cc1. The van der Waals surface area contributed by atoms with Crippen LogP contribution in [0.1, 0.15) is 43.5 Å². The molecule has 0 aliphatic heterocycles. The van der Waals surface area contributed by atoms with Crippen molar-refractivity contribution in [3.05, 3.63) is 34.9 Å². The summed E-state index contributed by atoms with van der Waals surface area (Å²) in [5, 5.41) is 13.0. The molecule has 0 aromatic heterocycles. The number of Topliss-reactive ketones (excluding diaryl/α,β-unsaturated/α-hetero) is 1. The van der Waals surface area contributed by atoms with Crippen molar-refractivity contribution >= 4 is 23.3 Å². The first-order valence-electron chi connectivity index (χ1n) is 7.17. The van der Waals surface area contributed by atoms with Gasteiger partial charge in [-0.05, 0) is 30.2 Å². The van der Waals surface area contributed by atoms with Crippen LogP contribution >= 0.6 is 11.6 Å². The summed E-state index contributed by atoms with van der Waals surface area (Å²) in [6, 6.07) is 6.60. The monoisotopic (exact) mass is 311 g/mol. The Morgan fingerprint density at radius 3 is 2.43 bits per heavy atom. The van der Waals surface area contributed by atoms with Gasteiger partial charge in [0.25, 0.3) is 0 Å². The van der Waals surface area contributed by atoms with E-state index in [9.17, 15) is 14.7 Å². The molecule has 0 bridgehead atoms. The molecule has 2 N–H and O–H groups in total. The Morgan fingerprint density at radius 1 is 1.24 bits per heavy atom. The van der Waals surface area contributed by atoms with Crippen molar-refractivity contribution in [2.24, 2.45) is 5.92 Å². The van der Waals surface area contributed by atoms with Crippen LogP contribution < -0.4 is 5.32 Å². The summed E-state index contributed by atoms with van der Waals surface area (Å²) < 4.78 is 0. The van der Waals surface area contributed by atoms with Gasteiger partial charge < -0.3 is 10.4 Å². The number of ketones is 1. The molecule has 1 rings (SSSR count). The molecule has 1 amide bonds. The first-order valence-corrected chi connectivity index (χ1v) is 7.55. The van der Waals surface area contributed by atoms with Gasteiger partial charge in [-0.25, -0.2) is 0 Å². The Balaban J connectivity index is 2.32. The van der Waals surface area contributed by atoms with Crippen LogP contribution in [0.5, 0.6) is 0 Å². The largest absolute Gasteiger partial charge is 0.391 e. The highest BCUT2D eigenvalue weighted by Crippen LogP contribution is 2.12. The van der Waals surface area contributed by atoms with Crippen molar-refractivity contribution in [2.45, 2.75) is 39.2 Å². The molecule has 0 saturated carbocycles. The summed E-state index contributed by atoms with van der Waals surface area (Å²) in [7, 11) is 0. The smallest absolute Gasteiger partial charge is 0.220 e. The Morgan fingerprint density at radius 2 is 1.86 bits per heavy atom. The van der Waals surface area contributed by atoms with Crippen molar-refractivity contribution in [3.8, 4) is 0 Å². The highest BCUT2D eigenvalue weighted by Gasteiger charge is 2.14. The number of nitrogens with one attached hydrogen (secondary N) is 1. The van der Waals surface area contributed by atoms with E-state index in [1.54, 1.807) is 24.3 Å². The first-order chi connectivity index (χ1) is 9.93. The fraction of sp³-hybridized carbons (Fsp3) is 0.500. The van der Waals surface area contributed by atoms with Crippen LogP contribution in [0.4, 0.5) is 0 Å². The zero-order chi connectivity index (χ0) is 15.8. The number of amides is 1. The van der Waals surface area contributed by atoms with Gasteiger partial charge in [-0.3, -0.25) is 9.59 Å². The summed E-state index contributed by atoms with van der Waals surface area (Å²) in [6.45, 7) is 4.14. The first kappa shape index (κ1) is 17.7. The van der Waals surface area contributed by atoms with Crippen molar-refractivity contribution in [2.75, 3.05) is 6.54 Å². The number of hydrogen-bond acceptors (Lipinski definition) is 3. The van der Waals surface area contributed by atoms with E-state index >= 15 is 0 Å². The quantitative estimate of drug-likeness (QED) is 0.725. The molecule has 4 nitrogen and oxygen atoms in total. The maximum Gasteiger partial charge on any atom is 0.220 e. The van der Waals surface area contributed by atoms with Crippen LogP contribution in [0, 0.1) is 5.92 Å². The van der Waals surface area contributed by atoms with E-state index in [-0.39, 0.29) is 37.0 Å². The molecular weight excluding hydrogens is 290 g/mol. The van der Waals surface area contributed by atoms with Crippen LogP contribution in [0.15, 0.2) is 24.3 Å². The van der Waals surface area contributed by atoms with E-state index in [4.69, 9.17) is 11.6 Å². The zero-order valence-corrected chi connectivity index (χ0v) is 13.2. The fourth-order valence-electron chi connectivity index (χ4n) is 1.79. The van der Waals surface area contributed by atoms with Gasteiger partial charge in [0.1, 0.15) is 0 Å². The molecule has 0 aliphatic rings. The van der Waals surface area contributed by atoms with Gasteiger partial charge >= 0.3 is 0 Å². The van der Waals surface area contributed by atoms with E-state index < -0.39 is 6.10 Å². The zero-order valence-electron chi connectivity index (χ0n) is 12.4. The number of carbonyl (C=O) groups excluding carboxylic acids is 2. The molecule has 116 valence electrons. The standard InChI is InChI=1S/C16H22ClNO3/c1-3-11(2)15(20)10-18-16(21)9-8-14(19)12-4-6-13(17)7-5-12/h4-7,11,15,20H,3,8-10H2,1-2H3,(H,18,21). The second-order valence-corrected chi connectivity index (χ2v) is 5.62. The Labute approximate surface area is 130 Å². The molecule has 21 heavy (non-hydrogen) atoms. The number of halogens is 1. The lowest BCUT2D eigenvalue weighted by Crippen LogP contribution is -2.35. The molecule has 0 radical (unpaired) electrons. The molecule has 0 spiro atoms. The highest BCUT2D eigenvalue weighted by molar-refractivity contribution is 6.30. The lowest BCUT2D eigenvalue weighted by molar-refractivity contribution is -0.121. The third-order valence-corrected chi connectivity index (χ3v) is 3.81. The van der Waals surface area contributed by atoms with Crippen molar-refractivity contribution in [1.82, 2.24) is 5.32 Å². The second-order valence-electron chi connectivity index (χ2n) is 5.19. The minimum Gasteiger partial charge on any atom is -0.391 e. The van der Waals surface area contributed by atoms with Crippen molar-refractivity contribution in [1.29, 1.82) is 0 Å². The van der Waals surface area contributed by atoms with Crippen LogP contribution in [0.25, 0.3) is 0 Å².